The van der Waals surface area contributed by atoms with Crippen molar-refractivity contribution in [3.05, 3.63) is 47.4 Å². The summed E-state index contributed by atoms with van der Waals surface area (Å²) in [5, 5.41) is 8.08. The molecule has 1 aromatic carbocycles. The van der Waals surface area contributed by atoms with Crippen LogP contribution in [0.1, 0.15) is 10.6 Å². The molecular formula is C13H10ClN3O2. The molecule has 2 aromatic heterocycles. The van der Waals surface area contributed by atoms with Crippen molar-refractivity contribution < 1.29 is 9.21 Å². The molecule has 96 valence electrons. The third-order valence-electron chi connectivity index (χ3n) is 2.66. The number of rotatable bonds is 2. The Morgan fingerprint density at radius 3 is 3.00 bits per heavy atom. The largest absolute Gasteiger partial charge is 0.451 e. The van der Waals surface area contributed by atoms with Gasteiger partial charge in [0.25, 0.3) is 5.91 Å². The van der Waals surface area contributed by atoms with Gasteiger partial charge in [0.1, 0.15) is 5.58 Å². The number of nitrogens with one attached hydrogen (secondary N) is 1. The highest BCUT2D eigenvalue weighted by Crippen LogP contribution is 2.23. The van der Waals surface area contributed by atoms with Gasteiger partial charge in [-0.05, 0) is 24.3 Å². The summed E-state index contributed by atoms with van der Waals surface area (Å²) >= 11 is 5.89. The van der Waals surface area contributed by atoms with Crippen LogP contribution in [0.2, 0.25) is 5.02 Å². The number of aromatic nitrogens is 2. The lowest BCUT2D eigenvalue weighted by Gasteiger charge is -1.97. The molecule has 0 radical (unpaired) electrons. The van der Waals surface area contributed by atoms with E-state index in [9.17, 15) is 4.79 Å². The number of fused-ring (bicyclic) bond motifs is 1. The minimum absolute atomic E-state index is 0.237. The molecule has 5 nitrogen and oxygen atoms in total. The zero-order valence-corrected chi connectivity index (χ0v) is 10.8. The summed E-state index contributed by atoms with van der Waals surface area (Å²) in [5.74, 6) is -0.0820. The predicted octanol–water partition coefficient (Wildman–Crippen LogP) is 3.07. The first kappa shape index (κ1) is 11.8. The molecule has 0 spiro atoms. The summed E-state index contributed by atoms with van der Waals surface area (Å²) in [4.78, 5) is 12.0. The fourth-order valence-corrected chi connectivity index (χ4v) is 1.99. The van der Waals surface area contributed by atoms with Crippen LogP contribution >= 0.6 is 11.6 Å². The van der Waals surface area contributed by atoms with Gasteiger partial charge in [-0.1, -0.05) is 11.6 Å². The summed E-state index contributed by atoms with van der Waals surface area (Å²) in [6.45, 7) is 0. The number of anilines is 1. The summed E-state index contributed by atoms with van der Waals surface area (Å²) in [7, 11) is 1.78. The van der Waals surface area contributed by atoms with Crippen LogP contribution in [0.3, 0.4) is 0 Å². The molecule has 0 saturated carbocycles. The van der Waals surface area contributed by atoms with Crippen LogP contribution in [0.5, 0.6) is 0 Å². The van der Waals surface area contributed by atoms with Gasteiger partial charge < -0.3 is 9.73 Å². The molecule has 0 saturated heterocycles. The smallest absolute Gasteiger partial charge is 0.291 e. The van der Waals surface area contributed by atoms with Gasteiger partial charge in [0, 0.05) is 23.7 Å². The van der Waals surface area contributed by atoms with Crippen LogP contribution in [-0.4, -0.2) is 15.7 Å². The van der Waals surface area contributed by atoms with Crippen molar-refractivity contribution in [3.63, 3.8) is 0 Å². The zero-order valence-electron chi connectivity index (χ0n) is 10.1. The summed E-state index contributed by atoms with van der Waals surface area (Å²) in [6, 6.07) is 6.86. The lowest BCUT2D eigenvalue weighted by atomic mass is 10.2. The molecule has 0 aliphatic rings. The second-order valence-corrected chi connectivity index (χ2v) is 4.59. The normalized spacial score (nSPS) is 10.8. The van der Waals surface area contributed by atoms with E-state index in [0.717, 1.165) is 5.39 Å². The first-order valence-electron chi connectivity index (χ1n) is 5.61. The third-order valence-corrected chi connectivity index (χ3v) is 2.90. The van der Waals surface area contributed by atoms with Gasteiger partial charge in [-0.2, -0.15) is 5.10 Å². The van der Waals surface area contributed by atoms with Crippen molar-refractivity contribution in [1.29, 1.82) is 0 Å². The minimum Gasteiger partial charge on any atom is -0.451 e. The maximum absolute atomic E-state index is 12.0. The van der Waals surface area contributed by atoms with E-state index in [1.54, 1.807) is 48.4 Å². The Morgan fingerprint density at radius 2 is 2.26 bits per heavy atom. The molecule has 1 N–H and O–H groups in total. The molecule has 0 atom stereocenters. The Bertz CT molecular complexity index is 760. The van der Waals surface area contributed by atoms with Crippen molar-refractivity contribution in [3.8, 4) is 0 Å². The van der Waals surface area contributed by atoms with E-state index < -0.39 is 0 Å². The topological polar surface area (TPSA) is 60.1 Å². The molecule has 0 fully saturated rings. The second-order valence-electron chi connectivity index (χ2n) is 4.15. The van der Waals surface area contributed by atoms with Gasteiger partial charge in [0.2, 0.25) is 0 Å². The van der Waals surface area contributed by atoms with E-state index in [1.807, 2.05) is 0 Å². The summed E-state index contributed by atoms with van der Waals surface area (Å²) in [6.07, 6.45) is 3.27. The average molecular weight is 276 g/mol. The first-order chi connectivity index (χ1) is 9.11. The molecule has 1 amide bonds. The Hall–Kier alpha value is -2.27. The van der Waals surface area contributed by atoms with Gasteiger partial charge in [-0.3, -0.25) is 9.48 Å². The van der Waals surface area contributed by atoms with Crippen LogP contribution < -0.4 is 5.32 Å². The lowest BCUT2D eigenvalue weighted by Crippen LogP contribution is -2.10. The van der Waals surface area contributed by atoms with Crippen molar-refractivity contribution in [2.24, 2.45) is 7.05 Å². The minimum atomic E-state index is -0.319. The number of furan rings is 1. The molecule has 0 aliphatic heterocycles. The molecule has 19 heavy (non-hydrogen) atoms. The molecular weight excluding hydrogens is 266 g/mol. The fourth-order valence-electron chi connectivity index (χ4n) is 1.80. The van der Waals surface area contributed by atoms with Crippen LogP contribution in [0.15, 0.2) is 41.1 Å². The number of carbonyl (C=O) groups excluding carboxylic acids is 1. The SMILES string of the molecule is Cn1cc(NC(=O)c2cc3cc(Cl)ccc3o2)cn1. The molecule has 2 heterocycles. The monoisotopic (exact) mass is 275 g/mol. The maximum Gasteiger partial charge on any atom is 0.291 e. The number of benzene rings is 1. The number of amides is 1. The van der Waals surface area contributed by atoms with E-state index in [1.165, 1.54) is 0 Å². The Labute approximate surface area is 113 Å². The fraction of sp³-hybridized carbons (Fsp3) is 0.0769. The van der Waals surface area contributed by atoms with Gasteiger partial charge in [-0.25, -0.2) is 0 Å². The molecule has 0 aliphatic carbocycles. The molecule has 3 rings (SSSR count). The average Bonchev–Trinajstić information content (AvgIpc) is 2.95. The van der Waals surface area contributed by atoms with Gasteiger partial charge in [0.15, 0.2) is 5.76 Å². The van der Waals surface area contributed by atoms with Crippen LogP contribution in [0.4, 0.5) is 5.69 Å². The van der Waals surface area contributed by atoms with Gasteiger partial charge in [-0.15, -0.1) is 0 Å². The van der Waals surface area contributed by atoms with Crippen LogP contribution in [0.25, 0.3) is 11.0 Å². The number of hydrogen-bond donors (Lipinski definition) is 1. The molecule has 3 aromatic rings. The van der Waals surface area contributed by atoms with E-state index in [2.05, 4.69) is 10.4 Å². The molecule has 0 unspecified atom stereocenters. The highest BCUT2D eigenvalue weighted by atomic mass is 35.5. The van der Waals surface area contributed by atoms with E-state index in [-0.39, 0.29) is 11.7 Å². The standard InChI is InChI=1S/C13H10ClN3O2/c1-17-7-10(6-15-17)16-13(18)12-5-8-4-9(14)2-3-11(8)19-12/h2-7H,1H3,(H,16,18). The third kappa shape index (κ3) is 2.32. The Morgan fingerprint density at radius 1 is 1.42 bits per heavy atom. The van der Waals surface area contributed by atoms with Crippen LogP contribution in [0, 0.1) is 0 Å². The van der Waals surface area contributed by atoms with E-state index in [0.29, 0.717) is 16.3 Å². The van der Waals surface area contributed by atoms with Crippen molar-refractivity contribution in [2.75, 3.05) is 5.32 Å². The summed E-state index contributed by atoms with van der Waals surface area (Å²) < 4.78 is 7.07. The predicted molar refractivity (Wildman–Crippen MR) is 72.4 cm³/mol. The zero-order chi connectivity index (χ0) is 13.4. The van der Waals surface area contributed by atoms with Gasteiger partial charge in [0.05, 0.1) is 11.9 Å². The number of hydrogen-bond acceptors (Lipinski definition) is 3. The number of halogens is 1. The van der Waals surface area contributed by atoms with Crippen molar-refractivity contribution in [2.45, 2.75) is 0 Å². The Balaban J connectivity index is 1.89. The van der Waals surface area contributed by atoms with E-state index >= 15 is 0 Å². The number of carbonyl (C=O) groups is 1. The number of aryl methyl sites for hydroxylation is 1. The highest BCUT2D eigenvalue weighted by Gasteiger charge is 2.13. The number of nitrogens with zero attached hydrogens (tertiary/aromatic N) is 2. The van der Waals surface area contributed by atoms with Crippen molar-refractivity contribution in [1.82, 2.24) is 9.78 Å². The Kier molecular flexibility index (Phi) is 2.76. The summed E-state index contributed by atoms with van der Waals surface area (Å²) in [5.41, 5.74) is 1.24. The maximum atomic E-state index is 12.0. The molecule has 0 bridgehead atoms. The van der Waals surface area contributed by atoms with Crippen LogP contribution in [-0.2, 0) is 7.05 Å². The second kappa shape index (κ2) is 4.44. The molecule has 6 heteroatoms. The van der Waals surface area contributed by atoms with Crippen molar-refractivity contribution >= 4 is 34.2 Å². The highest BCUT2D eigenvalue weighted by molar-refractivity contribution is 6.31. The lowest BCUT2D eigenvalue weighted by molar-refractivity contribution is 0.0998. The van der Waals surface area contributed by atoms with Gasteiger partial charge >= 0.3 is 0 Å². The van der Waals surface area contributed by atoms with E-state index in [4.69, 9.17) is 16.0 Å². The first-order valence-corrected chi connectivity index (χ1v) is 5.99. The quantitative estimate of drug-likeness (QED) is 0.782.